The van der Waals surface area contributed by atoms with Crippen molar-refractivity contribution in [3.63, 3.8) is 0 Å². The predicted octanol–water partition coefficient (Wildman–Crippen LogP) is -0.717. The van der Waals surface area contributed by atoms with Gasteiger partial charge in [-0.3, -0.25) is 0 Å². The number of fused-ring (bicyclic) bond motifs is 1. The number of hydrogen-bond donors (Lipinski definition) is 5. The SMILES string of the molecule is Nc1nc(NCC(O)CO)c2ncn([C@H]3C=C[C@@H](CO)C3)c2n1. The van der Waals surface area contributed by atoms with E-state index in [0.717, 1.165) is 6.42 Å². The number of aliphatic hydroxyl groups excluding tert-OH is 3. The summed E-state index contributed by atoms with van der Waals surface area (Å²) < 4.78 is 1.90. The first-order valence-corrected chi connectivity index (χ1v) is 7.44. The molecule has 2 heterocycles. The van der Waals surface area contributed by atoms with Crippen molar-refractivity contribution in [1.29, 1.82) is 0 Å². The molecule has 0 saturated carbocycles. The number of nitrogens with two attached hydrogens (primary N) is 1. The minimum Gasteiger partial charge on any atom is -0.396 e. The molecule has 124 valence electrons. The highest BCUT2D eigenvalue weighted by Crippen LogP contribution is 2.31. The third-order valence-electron chi connectivity index (χ3n) is 3.90. The monoisotopic (exact) mass is 320 g/mol. The van der Waals surface area contributed by atoms with Crippen LogP contribution in [0.3, 0.4) is 0 Å². The van der Waals surface area contributed by atoms with Crippen LogP contribution >= 0.6 is 0 Å². The van der Waals surface area contributed by atoms with Crippen molar-refractivity contribution >= 4 is 22.9 Å². The summed E-state index contributed by atoms with van der Waals surface area (Å²) in [6.45, 7) is -0.103. The summed E-state index contributed by atoms with van der Waals surface area (Å²) >= 11 is 0. The zero-order valence-electron chi connectivity index (χ0n) is 12.5. The first-order chi connectivity index (χ1) is 11.1. The molecule has 0 saturated heterocycles. The lowest BCUT2D eigenvalue weighted by Crippen LogP contribution is -2.23. The van der Waals surface area contributed by atoms with Crippen LogP contribution in [0, 0.1) is 5.92 Å². The lowest BCUT2D eigenvalue weighted by atomic mass is 10.1. The summed E-state index contributed by atoms with van der Waals surface area (Å²) in [5, 5.41) is 30.5. The molecule has 3 atom stereocenters. The van der Waals surface area contributed by atoms with Crippen LogP contribution in [-0.4, -0.2) is 60.7 Å². The fourth-order valence-electron chi connectivity index (χ4n) is 2.67. The summed E-state index contributed by atoms with van der Waals surface area (Å²) in [5.41, 5.74) is 6.91. The van der Waals surface area contributed by atoms with Crippen LogP contribution in [0.4, 0.5) is 11.8 Å². The molecule has 23 heavy (non-hydrogen) atoms. The number of hydrogen-bond acceptors (Lipinski definition) is 8. The van der Waals surface area contributed by atoms with Gasteiger partial charge in [-0.15, -0.1) is 0 Å². The Morgan fingerprint density at radius 2 is 2.17 bits per heavy atom. The van der Waals surface area contributed by atoms with Gasteiger partial charge in [0.2, 0.25) is 5.95 Å². The van der Waals surface area contributed by atoms with Crippen molar-refractivity contribution in [3.8, 4) is 0 Å². The van der Waals surface area contributed by atoms with Crippen LogP contribution in [0.2, 0.25) is 0 Å². The van der Waals surface area contributed by atoms with Crippen LogP contribution < -0.4 is 11.1 Å². The Kier molecular flexibility index (Phi) is 4.42. The average molecular weight is 320 g/mol. The van der Waals surface area contributed by atoms with E-state index in [1.165, 1.54) is 0 Å². The zero-order valence-corrected chi connectivity index (χ0v) is 12.5. The van der Waals surface area contributed by atoms with Gasteiger partial charge in [-0.2, -0.15) is 9.97 Å². The molecule has 2 aromatic rings. The van der Waals surface area contributed by atoms with E-state index in [9.17, 15) is 10.2 Å². The molecule has 9 nitrogen and oxygen atoms in total. The molecule has 0 aromatic carbocycles. The standard InChI is InChI=1S/C14H20N6O3/c15-14-18-12(16-4-10(23)6-22)11-13(19-14)20(7-17-11)9-2-1-8(3-9)5-21/h1-2,7-10,21-23H,3-6H2,(H3,15,16,18,19)/t8-,9+,10?/m1/s1. The number of nitrogens with one attached hydrogen (secondary N) is 1. The quantitative estimate of drug-likeness (QED) is 0.439. The number of rotatable bonds is 6. The van der Waals surface area contributed by atoms with Crippen LogP contribution in [0.15, 0.2) is 18.5 Å². The summed E-state index contributed by atoms with van der Waals surface area (Å²) in [6, 6.07) is 0.0577. The van der Waals surface area contributed by atoms with Gasteiger partial charge in [-0.1, -0.05) is 12.2 Å². The fourth-order valence-corrected chi connectivity index (χ4v) is 2.67. The lowest BCUT2D eigenvalue weighted by Gasteiger charge is -2.13. The predicted molar refractivity (Wildman–Crippen MR) is 84.7 cm³/mol. The molecular weight excluding hydrogens is 300 g/mol. The Balaban J connectivity index is 1.91. The van der Waals surface area contributed by atoms with Crippen molar-refractivity contribution in [2.24, 2.45) is 5.92 Å². The highest BCUT2D eigenvalue weighted by Gasteiger charge is 2.23. The maximum absolute atomic E-state index is 9.45. The van der Waals surface area contributed by atoms with Crippen molar-refractivity contribution in [2.45, 2.75) is 18.6 Å². The van der Waals surface area contributed by atoms with Crippen LogP contribution in [-0.2, 0) is 0 Å². The second kappa shape index (κ2) is 6.49. The minimum atomic E-state index is -0.897. The minimum absolute atomic E-state index is 0.0577. The van der Waals surface area contributed by atoms with E-state index in [4.69, 9.17) is 10.8 Å². The average Bonchev–Trinajstić information content (AvgIpc) is 3.18. The molecule has 2 aromatic heterocycles. The molecule has 1 aliphatic carbocycles. The lowest BCUT2D eigenvalue weighted by molar-refractivity contribution is 0.105. The van der Waals surface area contributed by atoms with Crippen LogP contribution in [0.1, 0.15) is 12.5 Å². The maximum atomic E-state index is 9.45. The van der Waals surface area contributed by atoms with E-state index in [1.54, 1.807) is 6.33 Å². The number of nitrogen functional groups attached to an aromatic ring is 1. The maximum Gasteiger partial charge on any atom is 0.224 e. The number of aliphatic hydroxyl groups is 3. The molecule has 0 spiro atoms. The van der Waals surface area contributed by atoms with Gasteiger partial charge < -0.3 is 30.9 Å². The highest BCUT2D eigenvalue weighted by atomic mass is 16.3. The van der Waals surface area contributed by atoms with Crippen molar-refractivity contribution in [1.82, 2.24) is 19.5 Å². The largest absolute Gasteiger partial charge is 0.396 e. The molecule has 1 aliphatic rings. The number of anilines is 2. The molecule has 0 amide bonds. The molecule has 1 unspecified atom stereocenters. The van der Waals surface area contributed by atoms with Crippen molar-refractivity contribution < 1.29 is 15.3 Å². The Morgan fingerprint density at radius 3 is 2.87 bits per heavy atom. The molecule has 6 N–H and O–H groups in total. The van der Waals surface area contributed by atoms with E-state index in [1.807, 2.05) is 16.7 Å². The summed E-state index contributed by atoms with van der Waals surface area (Å²) in [4.78, 5) is 12.7. The first kappa shape index (κ1) is 15.7. The fraction of sp³-hybridized carbons (Fsp3) is 0.500. The molecule has 9 heteroatoms. The third kappa shape index (κ3) is 3.11. The van der Waals surface area contributed by atoms with E-state index < -0.39 is 6.10 Å². The van der Waals surface area contributed by atoms with Gasteiger partial charge in [-0.25, -0.2) is 4.98 Å². The van der Waals surface area contributed by atoms with E-state index in [0.29, 0.717) is 17.0 Å². The smallest absolute Gasteiger partial charge is 0.224 e. The number of nitrogens with zero attached hydrogens (tertiary/aromatic N) is 4. The molecule has 0 fully saturated rings. The molecular formula is C14H20N6O3. The Labute approximate surface area is 132 Å². The van der Waals surface area contributed by atoms with Gasteiger partial charge in [0.1, 0.15) is 0 Å². The van der Waals surface area contributed by atoms with Gasteiger partial charge in [0.15, 0.2) is 17.0 Å². The van der Waals surface area contributed by atoms with E-state index >= 15 is 0 Å². The summed E-state index contributed by atoms with van der Waals surface area (Å²) in [5.74, 6) is 0.647. The number of aromatic nitrogens is 4. The topological polar surface area (TPSA) is 142 Å². The number of imidazole rings is 1. The Morgan fingerprint density at radius 1 is 1.35 bits per heavy atom. The molecule has 3 rings (SSSR count). The van der Waals surface area contributed by atoms with Gasteiger partial charge in [0.25, 0.3) is 0 Å². The van der Waals surface area contributed by atoms with Crippen molar-refractivity contribution in [2.75, 3.05) is 30.8 Å². The van der Waals surface area contributed by atoms with E-state index in [2.05, 4.69) is 20.3 Å². The number of allylic oxidation sites excluding steroid dienone is 1. The Hall–Kier alpha value is -2.23. The third-order valence-corrected chi connectivity index (χ3v) is 3.90. The molecule has 0 radical (unpaired) electrons. The van der Waals surface area contributed by atoms with Gasteiger partial charge in [0.05, 0.1) is 25.1 Å². The van der Waals surface area contributed by atoms with Crippen LogP contribution in [0.25, 0.3) is 11.2 Å². The van der Waals surface area contributed by atoms with Crippen molar-refractivity contribution in [3.05, 3.63) is 18.5 Å². The first-order valence-electron chi connectivity index (χ1n) is 7.44. The normalized spacial score (nSPS) is 21.9. The van der Waals surface area contributed by atoms with E-state index in [-0.39, 0.29) is 37.7 Å². The van der Waals surface area contributed by atoms with Crippen LogP contribution in [0.5, 0.6) is 0 Å². The second-order valence-corrected chi connectivity index (χ2v) is 5.60. The molecule has 0 aliphatic heterocycles. The summed E-state index contributed by atoms with van der Waals surface area (Å²) in [6.07, 6.45) is 5.55. The summed E-state index contributed by atoms with van der Waals surface area (Å²) in [7, 11) is 0. The highest BCUT2D eigenvalue weighted by molar-refractivity contribution is 5.84. The zero-order chi connectivity index (χ0) is 16.4. The molecule has 0 bridgehead atoms. The van der Waals surface area contributed by atoms with Gasteiger partial charge >= 0.3 is 0 Å². The van der Waals surface area contributed by atoms with Gasteiger partial charge in [0, 0.05) is 19.1 Å². The van der Waals surface area contributed by atoms with Gasteiger partial charge in [-0.05, 0) is 6.42 Å². The second-order valence-electron chi connectivity index (χ2n) is 5.60. The Bertz CT molecular complexity index is 716.